The fourth-order valence-electron chi connectivity index (χ4n) is 4.56. The number of anilines is 1. The van der Waals surface area contributed by atoms with Crippen LogP contribution >= 0.6 is 0 Å². The van der Waals surface area contributed by atoms with Gasteiger partial charge < -0.3 is 9.88 Å². The van der Waals surface area contributed by atoms with Crippen LogP contribution in [0.2, 0.25) is 0 Å². The number of nitrogens with one attached hydrogen (secondary N) is 1. The molecule has 0 bridgehead atoms. The number of pyridine rings is 1. The van der Waals surface area contributed by atoms with E-state index >= 15 is 0 Å². The summed E-state index contributed by atoms with van der Waals surface area (Å²) in [5.41, 5.74) is 2.27. The number of hydrogen-bond acceptors (Lipinski definition) is 8. The molecule has 1 N–H and O–H groups in total. The molecular formula is C23H23FN8O2S. The summed E-state index contributed by atoms with van der Waals surface area (Å²) in [5.74, 6) is -0.665. The molecule has 4 aromatic heterocycles. The average Bonchev–Trinajstić information content (AvgIpc) is 3.63. The maximum absolute atomic E-state index is 14.6. The molecule has 12 heteroatoms. The zero-order chi connectivity index (χ0) is 24.6. The molecule has 0 unspecified atom stereocenters. The van der Waals surface area contributed by atoms with Gasteiger partial charge in [-0.2, -0.15) is 10.4 Å². The molecule has 35 heavy (non-hydrogen) atoms. The van der Waals surface area contributed by atoms with Crippen LogP contribution in [0.5, 0.6) is 0 Å². The first-order valence-electron chi connectivity index (χ1n) is 11.2. The molecule has 0 aromatic carbocycles. The van der Waals surface area contributed by atoms with Gasteiger partial charge in [-0.1, -0.05) is 6.92 Å². The highest BCUT2D eigenvalue weighted by Crippen LogP contribution is 2.34. The van der Waals surface area contributed by atoms with Crippen molar-refractivity contribution in [3.63, 3.8) is 0 Å². The lowest BCUT2D eigenvalue weighted by Crippen LogP contribution is -2.26. The lowest BCUT2D eigenvalue weighted by atomic mass is 9.96. The van der Waals surface area contributed by atoms with Crippen molar-refractivity contribution < 1.29 is 12.8 Å². The van der Waals surface area contributed by atoms with Crippen LogP contribution in [-0.2, 0) is 9.84 Å². The number of fused-ring (bicyclic) bond motifs is 1. The smallest absolute Gasteiger partial charge is 0.195 e. The van der Waals surface area contributed by atoms with Crippen LogP contribution < -0.4 is 4.90 Å². The number of nitrogens with zero attached hydrogens (tertiary/aromatic N) is 7. The second kappa shape index (κ2) is 9.07. The molecule has 2 atom stereocenters. The maximum atomic E-state index is 14.6. The lowest BCUT2D eigenvalue weighted by Gasteiger charge is -2.23. The van der Waals surface area contributed by atoms with Crippen LogP contribution in [-0.4, -0.2) is 57.0 Å². The molecule has 0 radical (unpaired) electrons. The summed E-state index contributed by atoms with van der Waals surface area (Å²) in [4.78, 5) is 17.6. The first kappa shape index (κ1) is 22.9. The number of rotatable bonds is 7. The molecule has 180 valence electrons. The van der Waals surface area contributed by atoms with Gasteiger partial charge in [-0.3, -0.25) is 4.68 Å². The summed E-state index contributed by atoms with van der Waals surface area (Å²) in [6.45, 7) is 2.45. The van der Waals surface area contributed by atoms with E-state index in [4.69, 9.17) is 0 Å². The predicted octanol–water partition coefficient (Wildman–Crippen LogP) is 3.13. The van der Waals surface area contributed by atoms with E-state index in [1.165, 1.54) is 19.3 Å². The van der Waals surface area contributed by atoms with Crippen molar-refractivity contribution in [3.05, 3.63) is 48.9 Å². The Morgan fingerprint density at radius 1 is 1.31 bits per heavy atom. The zero-order valence-electron chi connectivity index (χ0n) is 19.0. The Hall–Kier alpha value is -3.85. The molecule has 1 fully saturated rings. The van der Waals surface area contributed by atoms with Crippen molar-refractivity contribution in [2.45, 2.75) is 30.8 Å². The third-order valence-electron chi connectivity index (χ3n) is 6.44. The number of H-pyrrole nitrogens is 1. The molecule has 5 rings (SSSR count). The number of halogens is 1. The van der Waals surface area contributed by atoms with E-state index < -0.39 is 15.7 Å². The van der Waals surface area contributed by atoms with Crippen molar-refractivity contribution in [1.82, 2.24) is 29.7 Å². The molecular weight excluding hydrogens is 471 g/mol. The van der Waals surface area contributed by atoms with Gasteiger partial charge in [0.05, 0.1) is 36.2 Å². The van der Waals surface area contributed by atoms with Gasteiger partial charge in [-0.15, -0.1) is 0 Å². The molecule has 0 saturated carbocycles. The van der Waals surface area contributed by atoms with Crippen LogP contribution in [0.4, 0.5) is 10.2 Å². The highest BCUT2D eigenvalue weighted by molar-refractivity contribution is 7.91. The molecule has 0 amide bonds. The highest BCUT2D eigenvalue weighted by Gasteiger charge is 2.33. The van der Waals surface area contributed by atoms with Gasteiger partial charge >= 0.3 is 0 Å². The van der Waals surface area contributed by atoms with E-state index in [0.717, 1.165) is 28.4 Å². The maximum Gasteiger partial charge on any atom is 0.195 e. The van der Waals surface area contributed by atoms with Crippen LogP contribution in [0.3, 0.4) is 0 Å². The zero-order valence-corrected chi connectivity index (χ0v) is 19.8. The number of nitriles is 1. The van der Waals surface area contributed by atoms with Gasteiger partial charge in [-0.25, -0.2) is 27.8 Å². The molecule has 10 nitrogen and oxygen atoms in total. The van der Waals surface area contributed by atoms with Crippen molar-refractivity contribution >= 4 is 26.7 Å². The molecule has 0 spiro atoms. The monoisotopic (exact) mass is 494 g/mol. The molecule has 4 aromatic rings. The largest absolute Gasteiger partial charge is 0.354 e. The minimum atomic E-state index is -3.56. The molecule has 1 aliphatic rings. The minimum absolute atomic E-state index is 0.00675. The fourth-order valence-corrected chi connectivity index (χ4v) is 5.36. The van der Waals surface area contributed by atoms with Crippen LogP contribution in [0.25, 0.3) is 22.3 Å². The standard InChI is InChI=1S/C23H23FN8O2S/c1-2-35(33,34)20-4-3-18(24)23(30-20)31-10-7-15(12-31)19(5-8-25)32-13-16(11-29-32)21-17-6-9-26-22(17)28-14-27-21/h3-4,6,9,11,13-15,19H,2,5,7,10,12H2,1H3,(H,26,27,28)/t15-,19-/m0/s1. The normalized spacial score (nSPS) is 17.1. The SMILES string of the molecule is CCS(=O)(=O)c1ccc(F)c(N2CC[C@H]([C@H](CC#N)n3cc(-c4ncnc5[nH]ccc45)cn3)C2)n1. The van der Waals surface area contributed by atoms with Gasteiger partial charge in [0.25, 0.3) is 0 Å². The Morgan fingerprint density at radius 2 is 2.17 bits per heavy atom. The topological polar surface area (TPSA) is 133 Å². The summed E-state index contributed by atoms with van der Waals surface area (Å²) >= 11 is 0. The molecule has 1 saturated heterocycles. The Kier molecular flexibility index (Phi) is 5.94. The Labute approximate surface area is 201 Å². The average molecular weight is 495 g/mol. The second-order valence-electron chi connectivity index (χ2n) is 8.45. The van der Waals surface area contributed by atoms with E-state index in [0.29, 0.717) is 19.5 Å². The van der Waals surface area contributed by atoms with Gasteiger partial charge in [0.15, 0.2) is 26.5 Å². The minimum Gasteiger partial charge on any atom is -0.354 e. The summed E-state index contributed by atoms with van der Waals surface area (Å²) in [7, 11) is -3.56. The first-order valence-corrected chi connectivity index (χ1v) is 12.9. The van der Waals surface area contributed by atoms with Crippen molar-refractivity contribution in [2.24, 2.45) is 5.92 Å². The van der Waals surface area contributed by atoms with E-state index in [1.54, 1.807) is 22.0 Å². The Morgan fingerprint density at radius 3 is 2.97 bits per heavy atom. The number of sulfone groups is 1. The molecule has 5 heterocycles. The van der Waals surface area contributed by atoms with E-state index in [1.807, 2.05) is 12.3 Å². The second-order valence-corrected chi connectivity index (χ2v) is 10.7. The number of hydrogen-bond donors (Lipinski definition) is 1. The quantitative estimate of drug-likeness (QED) is 0.414. The van der Waals surface area contributed by atoms with Crippen molar-refractivity contribution in [2.75, 3.05) is 23.7 Å². The summed E-state index contributed by atoms with van der Waals surface area (Å²) in [6.07, 6.45) is 7.78. The van der Waals surface area contributed by atoms with Gasteiger partial charge in [0.1, 0.15) is 12.0 Å². The Bertz CT molecular complexity index is 1520. The van der Waals surface area contributed by atoms with E-state index in [9.17, 15) is 18.1 Å². The van der Waals surface area contributed by atoms with E-state index in [-0.39, 0.29) is 35.0 Å². The van der Waals surface area contributed by atoms with Crippen LogP contribution in [0, 0.1) is 23.1 Å². The van der Waals surface area contributed by atoms with Gasteiger partial charge in [-0.05, 0) is 24.6 Å². The summed E-state index contributed by atoms with van der Waals surface area (Å²) in [5, 5.41) is 14.8. The summed E-state index contributed by atoms with van der Waals surface area (Å²) in [6, 6.07) is 6.24. The highest BCUT2D eigenvalue weighted by atomic mass is 32.2. The van der Waals surface area contributed by atoms with Crippen LogP contribution in [0.15, 0.2) is 48.1 Å². The number of aromatic nitrogens is 6. The third kappa shape index (κ3) is 4.23. The summed E-state index contributed by atoms with van der Waals surface area (Å²) < 4.78 is 40.9. The fraction of sp³-hybridized carbons (Fsp3) is 0.348. The van der Waals surface area contributed by atoms with Crippen molar-refractivity contribution in [3.8, 4) is 17.3 Å². The lowest BCUT2D eigenvalue weighted by molar-refractivity contribution is 0.331. The first-order chi connectivity index (χ1) is 16.9. The predicted molar refractivity (Wildman–Crippen MR) is 127 cm³/mol. The van der Waals surface area contributed by atoms with Crippen LogP contribution in [0.1, 0.15) is 25.8 Å². The Balaban J connectivity index is 1.41. The molecule has 1 aliphatic heterocycles. The molecule has 0 aliphatic carbocycles. The number of aromatic amines is 1. The van der Waals surface area contributed by atoms with Crippen molar-refractivity contribution in [1.29, 1.82) is 5.26 Å². The van der Waals surface area contributed by atoms with Gasteiger partial charge in [0, 0.05) is 42.4 Å². The van der Waals surface area contributed by atoms with E-state index in [2.05, 4.69) is 31.1 Å². The van der Waals surface area contributed by atoms with Gasteiger partial charge in [0.2, 0.25) is 0 Å². The third-order valence-corrected chi connectivity index (χ3v) is 8.06.